The van der Waals surface area contributed by atoms with Crippen LogP contribution in [0.5, 0.6) is 0 Å². The number of aryl methyl sites for hydroxylation is 2. The van der Waals surface area contributed by atoms with E-state index < -0.39 is 5.60 Å². The predicted octanol–water partition coefficient (Wildman–Crippen LogP) is 2.23. The Labute approximate surface area is 111 Å². The van der Waals surface area contributed by atoms with Gasteiger partial charge in [-0.05, 0) is 45.2 Å². The number of aliphatic hydroxyl groups is 1. The van der Waals surface area contributed by atoms with Gasteiger partial charge in [0.1, 0.15) is 0 Å². The quantitative estimate of drug-likeness (QED) is 0.814. The molecule has 0 amide bonds. The van der Waals surface area contributed by atoms with Crippen molar-refractivity contribution in [1.29, 1.82) is 0 Å². The molecule has 3 nitrogen and oxygen atoms in total. The van der Waals surface area contributed by atoms with Crippen molar-refractivity contribution in [2.24, 2.45) is 5.73 Å². The summed E-state index contributed by atoms with van der Waals surface area (Å²) >= 11 is 0. The highest BCUT2D eigenvalue weighted by molar-refractivity contribution is 5.53. The van der Waals surface area contributed by atoms with Crippen molar-refractivity contribution in [1.82, 2.24) is 0 Å². The lowest BCUT2D eigenvalue weighted by atomic mass is 10.0. The van der Waals surface area contributed by atoms with Gasteiger partial charge in [-0.2, -0.15) is 0 Å². The van der Waals surface area contributed by atoms with Crippen molar-refractivity contribution < 1.29 is 5.11 Å². The first-order valence-electron chi connectivity index (χ1n) is 6.56. The average Bonchev–Trinajstić information content (AvgIpc) is 2.28. The number of nitrogens with zero attached hydrogens (tertiary/aromatic N) is 1. The van der Waals surface area contributed by atoms with Crippen LogP contribution < -0.4 is 10.6 Å². The summed E-state index contributed by atoms with van der Waals surface area (Å²) in [6.07, 6.45) is 1.67. The van der Waals surface area contributed by atoms with Gasteiger partial charge in [-0.1, -0.05) is 17.7 Å². The third kappa shape index (κ3) is 4.31. The summed E-state index contributed by atoms with van der Waals surface area (Å²) in [6.45, 7) is 7.29. The monoisotopic (exact) mass is 250 g/mol. The molecule has 0 aliphatic heterocycles. The molecule has 0 aliphatic rings. The molecule has 3 heteroatoms. The van der Waals surface area contributed by atoms with E-state index in [9.17, 15) is 5.11 Å². The Kier molecular flexibility index (Phi) is 5.17. The molecule has 0 aromatic heterocycles. The summed E-state index contributed by atoms with van der Waals surface area (Å²) in [5, 5.41) is 9.85. The second kappa shape index (κ2) is 6.21. The van der Waals surface area contributed by atoms with Gasteiger partial charge in [0.25, 0.3) is 0 Å². The Morgan fingerprint density at radius 3 is 2.56 bits per heavy atom. The molecule has 1 aromatic carbocycles. The second-order valence-corrected chi connectivity index (χ2v) is 5.52. The van der Waals surface area contributed by atoms with E-state index in [0.717, 1.165) is 19.4 Å². The molecule has 0 aliphatic carbocycles. The van der Waals surface area contributed by atoms with Crippen molar-refractivity contribution in [2.75, 3.05) is 25.0 Å². The SMILES string of the molecule is Cc1ccc(N(C)CCCC(C)(O)CN)c(C)c1. The molecule has 1 atom stereocenters. The number of hydrogen-bond donors (Lipinski definition) is 2. The van der Waals surface area contributed by atoms with Gasteiger partial charge in [0.2, 0.25) is 0 Å². The maximum atomic E-state index is 9.85. The summed E-state index contributed by atoms with van der Waals surface area (Å²) in [7, 11) is 2.09. The highest BCUT2D eigenvalue weighted by Gasteiger charge is 2.17. The molecule has 0 saturated heterocycles. The summed E-state index contributed by atoms with van der Waals surface area (Å²) < 4.78 is 0. The van der Waals surface area contributed by atoms with E-state index >= 15 is 0 Å². The van der Waals surface area contributed by atoms with Crippen molar-refractivity contribution in [3.63, 3.8) is 0 Å². The lowest BCUT2D eigenvalue weighted by Gasteiger charge is -2.25. The molecule has 0 radical (unpaired) electrons. The molecule has 0 fully saturated rings. The van der Waals surface area contributed by atoms with Crippen molar-refractivity contribution in [2.45, 2.75) is 39.2 Å². The lowest BCUT2D eigenvalue weighted by molar-refractivity contribution is 0.0585. The largest absolute Gasteiger partial charge is 0.389 e. The fourth-order valence-electron chi connectivity index (χ4n) is 2.15. The molecular formula is C15H26N2O. The van der Waals surface area contributed by atoms with Gasteiger partial charge in [0, 0.05) is 25.8 Å². The molecule has 102 valence electrons. The van der Waals surface area contributed by atoms with Crippen LogP contribution >= 0.6 is 0 Å². The van der Waals surface area contributed by atoms with Gasteiger partial charge >= 0.3 is 0 Å². The molecule has 18 heavy (non-hydrogen) atoms. The molecule has 1 aromatic rings. The molecule has 0 saturated carbocycles. The third-order valence-electron chi connectivity index (χ3n) is 3.41. The van der Waals surface area contributed by atoms with E-state index in [-0.39, 0.29) is 0 Å². The van der Waals surface area contributed by atoms with Crippen LogP contribution in [0.25, 0.3) is 0 Å². The van der Waals surface area contributed by atoms with Gasteiger partial charge in [-0.15, -0.1) is 0 Å². The minimum atomic E-state index is -0.733. The Hall–Kier alpha value is -1.06. The molecule has 1 rings (SSSR count). The first-order valence-corrected chi connectivity index (χ1v) is 6.56. The van der Waals surface area contributed by atoms with Crippen LogP contribution in [0, 0.1) is 13.8 Å². The number of hydrogen-bond acceptors (Lipinski definition) is 3. The van der Waals surface area contributed by atoms with Gasteiger partial charge < -0.3 is 15.7 Å². The number of anilines is 1. The molecule has 1 unspecified atom stereocenters. The van der Waals surface area contributed by atoms with Crippen LogP contribution in [-0.2, 0) is 0 Å². The molecular weight excluding hydrogens is 224 g/mol. The first kappa shape index (κ1) is 15.0. The second-order valence-electron chi connectivity index (χ2n) is 5.52. The summed E-state index contributed by atoms with van der Waals surface area (Å²) in [6, 6.07) is 6.49. The summed E-state index contributed by atoms with van der Waals surface area (Å²) in [5.41, 5.74) is 8.62. The highest BCUT2D eigenvalue weighted by atomic mass is 16.3. The number of nitrogens with two attached hydrogens (primary N) is 1. The normalized spacial score (nSPS) is 14.3. The first-order chi connectivity index (χ1) is 8.35. The zero-order valence-electron chi connectivity index (χ0n) is 12.0. The average molecular weight is 250 g/mol. The molecule has 0 bridgehead atoms. The topological polar surface area (TPSA) is 49.5 Å². The Balaban J connectivity index is 2.53. The van der Waals surface area contributed by atoms with Crippen molar-refractivity contribution in [3.05, 3.63) is 29.3 Å². The molecule has 3 N–H and O–H groups in total. The zero-order chi connectivity index (χ0) is 13.8. The highest BCUT2D eigenvalue weighted by Crippen LogP contribution is 2.21. The minimum absolute atomic E-state index is 0.320. The maximum Gasteiger partial charge on any atom is 0.0742 e. The predicted molar refractivity (Wildman–Crippen MR) is 78.1 cm³/mol. The maximum absolute atomic E-state index is 9.85. The van der Waals surface area contributed by atoms with Gasteiger partial charge in [-0.25, -0.2) is 0 Å². The van der Waals surface area contributed by atoms with Gasteiger partial charge in [-0.3, -0.25) is 0 Å². The smallest absolute Gasteiger partial charge is 0.0742 e. The van der Waals surface area contributed by atoms with Crippen molar-refractivity contribution in [3.8, 4) is 0 Å². The van der Waals surface area contributed by atoms with Gasteiger partial charge in [0.05, 0.1) is 5.60 Å². The van der Waals surface area contributed by atoms with Gasteiger partial charge in [0.15, 0.2) is 0 Å². The Bertz CT molecular complexity index is 388. The summed E-state index contributed by atoms with van der Waals surface area (Å²) in [4.78, 5) is 2.24. The van der Waals surface area contributed by atoms with E-state index in [1.54, 1.807) is 6.92 Å². The van der Waals surface area contributed by atoms with Crippen molar-refractivity contribution >= 4 is 5.69 Å². The molecule has 0 heterocycles. The van der Waals surface area contributed by atoms with E-state index in [1.165, 1.54) is 16.8 Å². The lowest BCUT2D eigenvalue weighted by Crippen LogP contribution is -2.35. The van der Waals surface area contributed by atoms with E-state index in [4.69, 9.17) is 5.73 Å². The third-order valence-corrected chi connectivity index (χ3v) is 3.41. The van der Waals surface area contributed by atoms with E-state index in [2.05, 4.69) is 44.0 Å². The number of rotatable bonds is 6. The summed E-state index contributed by atoms with van der Waals surface area (Å²) in [5.74, 6) is 0. The van der Waals surface area contributed by atoms with Crippen LogP contribution in [0.3, 0.4) is 0 Å². The van der Waals surface area contributed by atoms with Crippen LogP contribution in [-0.4, -0.2) is 30.8 Å². The van der Waals surface area contributed by atoms with Crippen LogP contribution in [0.1, 0.15) is 30.9 Å². The van der Waals surface area contributed by atoms with Crippen LogP contribution in [0.4, 0.5) is 5.69 Å². The van der Waals surface area contributed by atoms with Crippen LogP contribution in [0.15, 0.2) is 18.2 Å². The van der Waals surface area contributed by atoms with E-state index in [0.29, 0.717) is 6.54 Å². The number of benzene rings is 1. The van der Waals surface area contributed by atoms with E-state index in [1.807, 2.05) is 0 Å². The standard InChI is InChI=1S/C15H26N2O/c1-12-6-7-14(13(2)10-12)17(4)9-5-8-15(3,18)11-16/h6-7,10,18H,5,8-9,11,16H2,1-4H3. The Morgan fingerprint density at radius 1 is 1.33 bits per heavy atom. The fraction of sp³-hybridized carbons (Fsp3) is 0.600. The zero-order valence-corrected chi connectivity index (χ0v) is 12.0. The molecule has 0 spiro atoms. The Morgan fingerprint density at radius 2 is 2.00 bits per heavy atom. The minimum Gasteiger partial charge on any atom is -0.389 e. The fourth-order valence-corrected chi connectivity index (χ4v) is 2.15. The van der Waals surface area contributed by atoms with Crippen LogP contribution in [0.2, 0.25) is 0 Å².